The third-order valence-electron chi connectivity index (χ3n) is 4.43. The zero-order valence-corrected chi connectivity index (χ0v) is 14.3. The molecule has 1 N–H and O–H groups in total. The van der Waals surface area contributed by atoms with Crippen molar-refractivity contribution >= 4 is 11.9 Å². The van der Waals surface area contributed by atoms with Gasteiger partial charge in [0.15, 0.2) is 0 Å². The van der Waals surface area contributed by atoms with Crippen molar-refractivity contribution < 1.29 is 14.3 Å². The van der Waals surface area contributed by atoms with E-state index in [1.807, 2.05) is 12.1 Å². The van der Waals surface area contributed by atoms with Gasteiger partial charge in [-0.05, 0) is 22.3 Å². The lowest BCUT2D eigenvalue weighted by Gasteiger charge is -2.20. The summed E-state index contributed by atoms with van der Waals surface area (Å²) in [6.07, 6.45) is 0.349. The number of benzene rings is 2. The molecular weight excluding hydrogens is 316 g/mol. The van der Waals surface area contributed by atoms with E-state index >= 15 is 0 Å². The Bertz CT molecular complexity index is 726. The standard InChI is InChI=1S/C20H22N2O3/c1-25-20(24)12-21-19(23)10-11-22-13-15-6-2-4-8-17(15)18-9-5-3-7-16(18)14-22/h2-9H,10-14H2,1H3,(H,21,23). The summed E-state index contributed by atoms with van der Waals surface area (Å²) in [5, 5.41) is 2.59. The van der Waals surface area contributed by atoms with Crippen molar-refractivity contribution in [2.45, 2.75) is 19.5 Å². The third-order valence-corrected chi connectivity index (χ3v) is 4.43. The first kappa shape index (κ1) is 17.2. The fourth-order valence-corrected chi connectivity index (χ4v) is 3.13. The molecule has 0 saturated heterocycles. The Labute approximate surface area is 147 Å². The van der Waals surface area contributed by atoms with Gasteiger partial charge in [0.1, 0.15) is 6.54 Å². The second-order valence-corrected chi connectivity index (χ2v) is 6.13. The van der Waals surface area contributed by atoms with E-state index < -0.39 is 5.97 Å². The SMILES string of the molecule is COC(=O)CNC(=O)CCN1Cc2ccccc2-c2ccccc2C1. The van der Waals surface area contributed by atoms with Gasteiger partial charge >= 0.3 is 5.97 Å². The third kappa shape index (κ3) is 4.25. The average molecular weight is 338 g/mol. The fourth-order valence-electron chi connectivity index (χ4n) is 3.13. The van der Waals surface area contributed by atoms with Crippen LogP contribution in [0.2, 0.25) is 0 Å². The minimum absolute atomic E-state index is 0.0823. The number of nitrogens with one attached hydrogen (secondary N) is 1. The summed E-state index contributed by atoms with van der Waals surface area (Å²) in [4.78, 5) is 25.3. The zero-order valence-electron chi connectivity index (χ0n) is 14.3. The Kier molecular flexibility index (Phi) is 5.46. The van der Waals surface area contributed by atoms with Crippen LogP contribution in [0.15, 0.2) is 48.5 Å². The number of rotatable bonds is 5. The van der Waals surface area contributed by atoms with Crippen LogP contribution in [-0.4, -0.2) is 37.0 Å². The smallest absolute Gasteiger partial charge is 0.325 e. The molecule has 3 rings (SSSR count). The first-order chi connectivity index (χ1) is 12.2. The highest BCUT2D eigenvalue weighted by Crippen LogP contribution is 2.32. The number of methoxy groups -OCH3 is 1. The number of hydrogen-bond acceptors (Lipinski definition) is 4. The van der Waals surface area contributed by atoms with Crippen molar-refractivity contribution in [3.8, 4) is 11.1 Å². The molecule has 0 fully saturated rings. The molecule has 1 heterocycles. The predicted molar refractivity (Wildman–Crippen MR) is 95.6 cm³/mol. The van der Waals surface area contributed by atoms with Crippen molar-refractivity contribution in [3.63, 3.8) is 0 Å². The summed E-state index contributed by atoms with van der Waals surface area (Å²) in [6.45, 7) is 2.15. The second-order valence-electron chi connectivity index (χ2n) is 6.13. The number of esters is 1. The molecule has 0 atom stereocenters. The molecular formula is C20H22N2O3. The van der Waals surface area contributed by atoms with Gasteiger partial charge in [-0.15, -0.1) is 0 Å². The molecule has 0 aliphatic carbocycles. The molecule has 1 amide bonds. The molecule has 2 aromatic rings. The molecule has 0 bridgehead atoms. The van der Waals surface area contributed by atoms with Crippen molar-refractivity contribution in [1.29, 1.82) is 0 Å². The van der Waals surface area contributed by atoms with E-state index in [1.165, 1.54) is 29.4 Å². The van der Waals surface area contributed by atoms with Crippen LogP contribution in [0, 0.1) is 0 Å². The van der Waals surface area contributed by atoms with E-state index in [1.54, 1.807) is 0 Å². The van der Waals surface area contributed by atoms with Gasteiger partial charge in [-0.2, -0.15) is 0 Å². The first-order valence-corrected chi connectivity index (χ1v) is 8.39. The summed E-state index contributed by atoms with van der Waals surface area (Å²) < 4.78 is 4.53. The Morgan fingerprint density at radius 2 is 1.56 bits per heavy atom. The van der Waals surface area contributed by atoms with Gasteiger partial charge < -0.3 is 10.1 Å². The molecule has 0 unspecified atom stereocenters. The molecule has 25 heavy (non-hydrogen) atoms. The topological polar surface area (TPSA) is 58.6 Å². The van der Waals surface area contributed by atoms with Crippen molar-refractivity contribution in [1.82, 2.24) is 10.2 Å². The summed E-state index contributed by atoms with van der Waals surface area (Å²) in [5.74, 6) is -0.581. The highest BCUT2D eigenvalue weighted by atomic mass is 16.5. The average Bonchev–Trinajstić information content (AvgIpc) is 2.80. The van der Waals surface area contributed by atoms with E-state index in [-0.39, 0.29) is 12.5 Å². The van der Waals surface area contributed by atoms with Crippen LogP contribution in [0.25, 0.3) is 11.1 Å². The van der Waals surface area contributed by atoms with Gasteiger partial charge in [-0.3, -0.25) is 14.5 Å². The van der Waals surface area contributed by atoms with Gasteiger partial charge in [-0.1, -0.05) is 48.5 Å². The maximum atomic E-state index is 11.9. The van der Waals surface area contributed by atoms with Crippen LogP contribution in [0.4, 0.5) is 0 Å². The lowest BCUT2D eigenvalue weighted by Crippen LogP contribution is -2.33. The lowest BCUT2D eigenvalue weighted by atomic mass is 9.97. The van der Waals surface area contributed by atoms with E-state index in [2.05, 4.69) is 51.4 Å². The van der Waals surface area contributed by atoms with Gasteiger partial charge in [0, 0.05) is 26.1 Å². The maximum Gasteiger partial charge on any atom is 0.325 e. The number of amides is 1. The van der Waals surface area contributed by atoms with Crippen LogP contribution in [-0.2, 0) is 27.4 Å². The van der Waals surface area contributed by atoms with E-state index in [9.17, 15) is 9.59 Å². The summed E-state index contributed by atoms with van der Waals surface area (Å²) in [5.41, 5.74) is 5.05. The Morgan fingerprint density at radius 1 is 1.00 bits per heavy atom. The Hall–Kier alpha value is -2.66. The monoisotopic (exact) mass is 338 g/mol. The number of carbonyl (C=O) groups excluding carboxylic acids is 2. The largest absolute Gasteiger partial charge is 0.468 e. The van der Waals surface area contributed by atoms with Crippen LogP contribution in [0.3, 0.4) is 0 Å². The van der Waals surface area contributed by atoms with Crippen LogP contribution < -0.4 is 5.32 Å². The maximum absolute atomic E-state index is 11.9. The number of carbonyl (C=O) groups is 2. The van der Waals surface area contributed by atoms with Gasteiger partial charge in [0.25, 0.3) is 0 Å². The molecule has 2 aromatic carbocycles. The van der Waals surface area contributed by atoms with Crippen molar-refractivity contribution in [3.05, 3.63) is 59.7 Å². The summed E-state index contributed by atoms with van der Waals surface area (Å²) in [6, 6.07) is 16.8. The second kappa shape index (κ2) is 7.94. The zero-order chi connectivity index (χ0) is 17.6. The first-order valence-electron chi connectivity index (χ1n) is 8.39. The van der Waals surface area contributed by atoms with E-state index in [4.69, 9.17) is 0 Å². The summed E-state index contributed by atoms with van der Waals surface area (Å²) >= 11 is 0. The van der Waals surface area contributed by atoms with Gasteiger partial charge in [-0.25, -0.2) is 0 Å². The molecule has 1 aliphatic rings. The molecule has 0 saturated carbocycles. The molecule has 5 nitrogen and oxygen atoms in total. The van der Waals surface area contributed by atoms with Gasteiger partial charge in [0.2, 0.25) is 5.91 Å². The highest BCUT2D eigenvalue weighted by molar-refractivity contribution is 5.81. The molecule has 130 valence electrons. The Morgan fingerprint density at radius 3 is 2.12 bits per heavy atom. The van der Waals surface area contributed by atoms with Crippen LogP contribution in [0.5, 0.6) is 0 Å². The summed E-state index contributed by atoms with van der Waals surface area (Å²) in [7, 11) is 1.31. The minimum Gasteiger partial charge on any atom is -0.468 e. The number of hydrogen-bond donors (Lipinski definition) is 1. The Balaban J connectivity index is 1.68. The highest BCUT2D eigenvalue weighted by Gasteiger charge is 2.19. The van der Waals surface area contributed by atoms with Crippen LogP contribution >= 0.6 is 0 Å². The minimum atomic E-state index is -0.439. The molecule has 5 heteroatoms. The molecule has 1 aliphatic heterocycles. The van der Waals surface area contributed by atoms with E-state index in [0.29, 0.717) is 13.0 Å². The number of fused-ring (bicyclic) bond motifs is 3. The number of ether oxygens (including phenoxy) is 1. The number of nitrogens with zero attached hydrogens (tertiary/aromatic N) is 1. The fraction of sp³-hybridized carbons (Fsp3) is 0.300. The van der Waals surface area contributed by atoms with Gasteiger partial charge in [0.05, 0.1) is 7.11 Å². The normalized spacial score (nSPS) is 13.3. The van der Waals surface area contributed by atoms with Crippen LogP contribution in [0.1, 0.15) is 17.5 Å². The van der Waals surface area contributed by atoms with Crippen molar-refractivity contribution in [2.75, 3.05) is 20.2 Å². The van der Waals surface area contributed by atoms with Crippen molar-refractivity contribution in [2.24, 2.45) is 0 Å². The molecule has 0 aromatic heterocycles. The van der Waals surface area contributed by atoms with E-state index in [0.717, 1.165) is 13.1 Å². The lowest BCUT2D eigenvalue weighted by molar-refractivity contribution is -0.141. The predicted octanol–water partition coefficient (Wildman–Crippen LogP) is 2.35. The molecule has 0 radical (unpaired) electrons. The molecule has 0 spiro atoms. The quantitative estimate of drug-likeness (QED) is 0.850.